The van der Waals surface area contributed by atoms with Crippen LogP contribution in [0.4, 0.5) is 13.2 Å². The summed E-state index contributed by atoms with van der Waals surface area (Å²) in [6.07, 6.45) is -3.59. The molecule has 0 aliphatic heterocycles. The van der Waals surface area contributed by atoms with Gasteiger partial charge in [-0.1, -0.05) is 18.2 Å². The van der Waals surface area contributed by atoms with Gasteiger partial charge >= 0.3 is 35.7 Å². The summed E-state index contributed by atoms with van der Waals surface area (Å²) in [5.74, 6) is -0.260. The summed E-state index contributed by atoms with van der Waals surface area (Å²) in [6, 6.07) is 4.52. The maximum absolute atomic E-state index is 11.8. The van der Waals surface area contributed by atoms with Crippen LogP contribution in [0.15, 0.2) is 30.3 Å². The molecule has 1 aromatic rings. The number of benzene rings is 1. The summed E-state index contributed by atoms with van der Waals surface area (Å²) < 4.78 is 70.0. The van der Waals surface area contributed by atoms with E-state index in [-0.39, 0.29) is 46.9 Å². The zero-order chi connectivity index (χ0) is 13.1. The Kier molecular flexibility index (Phi) is 6.38. The van der Waals surface area contributed by atoms with Crippen molar-refractivity contribution in [3.63, 3.8) is 0 Å². The maximum atomic E-state index is 11.8. The Hall–Kier alpha value is -0.540. The van der Waals surface area contributed by atoms with Crippen molar-refractivity contribution in [2.75, 3.05) is 0 Å². The van der Waals surface area contributed by atoms with Gasteiger partial charge in [0.05, 0.1) is 0 Å². The normalized spacial score (nSPS) is 12.2. The molecule has 0 radical (unpaired) electrons. The summed E-state index contributed by atoms with van der Waals surface area (Å²) in [6.45, 7) is 0. The molecule has 9 heteroatoms. The monoisotopic (exact) mass is 290 g/mol. The molecule has 0 spiro atoms. The third kappa shape index (κ3) is 7.72. The standard InChI is InChI=1S/C9H7F3O4S.Na/c10-9(11,12)6-5-7-1-3-8(4-2-7)16-17(13,14)15;/h1-6H,(H,13,14,15);/q;+1/p-1. The fourth-order valence-corrected chi connectivity index (χ4v) is 1.29. The zero-order valence-electron chi connectivity index (χ0n) is 9.14. The second-order valence-electron chi connectivity index (χ2n) is 2.94. The van der Waals surface area contributed by atoms with E-state index in [2.05, 4.69) is 4.18 Å². The number of halogens is 3. The van der Waals surface area contributed by atoms with Gasteiger partial charge in [-0.15, -0.1) is 0 Å². The van der Waals surface area contributed by atoms with Crippen LogP contribution >= 0.6 is 0 Å². The van der Waals surface area contributed by atoms with Crippen molar-refractivity contribution in [1.82, 2.24) is 0 Å². The van der Waals surface area contributed by atoms with E-state index < -0.39 is 16.6 Å². The second kappa shape index (κ2) is 6.58. The molecule has 0 saturated heterocycles. The number of rotatable bonds is 3. The van der Waals surface area contributed by atoms with Gasteiger partial charge in [0, 0.05) is 6.08 Å². The van der Waals surface area contributed by atoms with E-state index in [4.69, 9.17) is 0 Å². The number of hydrogen-bond donors (Lipinski definition) is 0. The molecule has 0 saturated carbocycles. The van der Waals surface area contributed by atoms with Gasteiger partial charge in [0.15, 0.2) is 0 Å². The first-order valence-electron chi connectivity index (χ1n) is 4.17. The Bertz CT molecular complexity index is 508. The first kappa shape index (κ1) is 17.5. The van der Waals surface area contributed by atoms with Crippen molar-refractivity contribution in [2.24, 2.45) is 0 Å². The maximum Gasteiger partial charge on any atom is 1.00 e. The van der Waals surface area contributed by atoms with Gasteiger partial charge in [-0.25, -0.2) is 8.42 Å². The van der Waals surface area contributed by atoms with Crippen LogP contribution in [0.3, 0.4) is 0 Å². The molecule has 1 rings (SSSR count). The molecule has 0 aromatic heterocycles. The molecule has 18 heavy (non-hydrogen) atoms. The average molecular weight is 290 g/mol. The van der Waals surface area contributed by atoms with Gasteiger partial charge in [-0.05, 0) is 17.7 Å². The third-order valence-electron chi connectivity index (χ3n) is 1.54. The number of allylic oxidation sites excluding steroid dienone is 1. The second-order valence-corrected chi connectivity index (χ2v) is 3.92. The molecule has 94 valence electrons. The summed E-state index contributed by atoms with van der Waals surface area (Å²) in [5, 5.41) is 0. The molecule has 0 heterocycles. The molecule has 0 N–H and O–H groups in total. The Morgan fingerprint density at radius 3 is 2.06 bits per heavy atom. The van der Waals surface area contributed by atoms with Crippen LogP contribution in [0.5, 0.6) is 5.75 Å². The summed E-state index contributed by atoms with van der Waals surface area (Å²) in [5.41, 5.74) is 0.193. The van der Waals surface area contributed by atoms with Crippen molar-refractivity contribution in [3.05, 3.63) is 35.9 Å². The molecule has 0 atom stereocenters. The molecule has 0 unspecified atom stereocenters. The molecule has 0 bridgehead atoms. The quantitative estimate of drug-likeness (QED) is 0.411. The number of alkyl halides is 3. The van der Waals surface area contributed by atoms with Crippen LogP contribution in [0.2, 0.25) is 0 Å². The van der Waals surface area contributed by atoms with Gasteiger partial charge in [-0.2, -0.15) is 13.2 Å². The van der Waals surface area contributed by atoms with E-state index in [1.54, 1.807) is 0 Å². The largest absolute Gasteiger partial charge is 1.00 e. The van der Waals surface area contributed by atoms with Crippen molar-refractivity contribution < 1.29 is 59.9 Å². The molecule has 0 fully saturated rings. The van der Waals surface area contributed by atoms with Crippen molar-refractivity contribution in [3.8, 4) is 5.75 Å². The zero-order valence-corrected chi connectivity index (χ0v) is 12.0. The Balaban J connectivity index is 0.00000289. The summed E-state index contributed by atoms with van der Waals surface area (Å²) in [4.78, 5) is 0. The Labute approximate surface area is 124 Å². The van der Waals surface area contributed by atoms with Gasteiger partial charge in [0.2, 0.25) is 0 Å². The van der Waals surface area contributed by atoms with Crippen molar-refractivity contribution in [2.45, 2.75) is 6.18 Å². The molecule has 4 nitrogen and oxygen atoms in total. The minimum Gasteiger partial charge on any atom is -0.716 e. The molecular weight excluding hydrogens is 284 g/mol. The van der Waals surface area contributed by atoms with Crippen LogP contribution in [0.25, 0.3) is 6.08 Å². The smallest absolute Gasteiger partial charge is 0.716 e. The Morgan fingerprint density at radius 2 is 1.67 bits per heavy atom. The fourth-order valence-electron chi connectivity index (χ4n) is 0.943. The predicted octanol–water partition coefficient (Wildman–Crippen LogP) is -0.895. The van der Waals surface area contributed by atoms with Gasteiger partial charge in [-0.3, -0.25) is 0 Å². The van der Waals surface area contributed by atoms with Crippen LogP contribution < -0.4 is 33.7 Å². The van der Waals surface area contributed by atoms with E-state index in [1.807, 2.05) is 0 Å². The van der Waals surface area contributed by atoms with Crippen LogP contribution in [-0.2, 0) is 10.4 Å². The van der Waals surface area contributed by atoms with Gasteiger partial charge < -0.3 is 8.74 Å². The van der Waals surface area contributed by atoms with Crippen LogP contribution in [0.1, 0.15) is 5.56 Å². The van der Waals surface area contributed by atoms with Crippen molar-refractivity contribution in [1.29, 1.82) is 0 Å². The molecule has 0 aliphatic rings. The van der Waals surface area contributed by atoms with E-state index in [9.17, 15) is 26.1 Å². The first-order valence-corrected chi connectivity index (χ1v) is 5.50. The van der Waals surface area contributed by atoms with Crippen LogP contribution in [-0.4, -0.2) is 19.1 Å². The fraction of sp³-hybridized carbons (Fsp3) is 0.111. The summed E-state index contributed by atoms with van der Waals surface area (Å²) >= 11 is 0. The van der Waals surface area contributed by atoms with E-state index in [0.717, 1.165) is 18.2 Å². The van der Waals surface area contributed by atoms with Gasteiger partial charge in [0.25, 0.3) is 10.4 Å². The minimum atomic E-state index is -4.87. The third-order valence-corrected chi connectivity index (χ3v) is 1.94. The first-order chi connectivity index (χ1) is 7.66. The summed E-state index contributed by atoms with van der Waals surface area (Å²) in [7, 11) is -4.87. The molecule has 0 amide bonds. The Morgan fingerprint density at radius 1 is 1.17 bits per heavy atom. The van der Waals surface area contributed by atoms with Crippen LogP contribution in [0, 0.1) is 0 Å². The SMILES string of the molecule is O=S(=O)([O-])Oc1ccc(C=CC(F)(F)F)cc1.[Na+]. The van der Waals surface area contributed by atoms with E-state index >= 15 is 0 Å². The number of hydrogen-bond acceptors (Lipinski definition) is 4. The van der Waals surface area contributed by atoms with Crippen molar-refractivity contribution >= 4 is 16.5 Å². The molecule has 0 aliphatic carbocycles. The topological polar surface area (TPSA) is 66.4 Å². The van der Waals surface area contributed by atoms with E-state index in [0.29, 0.717) is 0 Å². The predicted molar refractivity (Wildman–Crippen MR) is 51.9 cm³/mol. The minimum absolute atomic E-state index is 0. The average Bonchev–Trinajstić information content (AvgIpc) is 2.13. The molecular formula is C9H6F3NaO4S. The van der Waals surface area contributed by atoms with Gasteiger partial charge in [0.1, 0.15) is 5.75 Å². The molecule has 1 aromatic carbocycles. The van der Waals surface area contributed by atoms with E-state index in [1.165, 1.54) is 12.1 Å².